The molecule has 8 heteroatoms. The average Bonchev–Trinajstić information content (AvgIpc) is 2.60. The summed E-state index contributed by atoms with van der Waals surface area (Å²) >= 11 is 0. The van der Waals surface area contributed by atoms with Gasteiger partial charge in [-0.2, -0.15) is 0 Å². The lowest BCUT2D eigenvalue weighted by atomic mass is 10.1. The number of guanidine groups is 1. The monoisotopic (exact) mass is 370 g/mol. The maximum atomic E-state index is 13.4. The fourth-order valence-corrected chi connectivity index (χ4v) is 2.04. The molecule has 146 valence electrons. The van der Waals surface area contributed by atoms with Crippen molar-refractivity contribution >= 4 is 11.9 Å². The highest BCUT2D eigenvalue weighted by atomic mass is 19.2. The molecule has 0 aromatic heterocycles. The Morgan fingerprint density at radius 2 is 2.04 bits per heavy atom. The lowest BCUT2D eigenvalue weighted by Crippen LogP contribution is -2.40. The number of ether oxygens (including phenoxy) is 1. The third-order valence-corrected chi connectivity index (χ3v) is 3.63. The summed E-state index contributed by atoms with van der Waals surface area (Å²) in [4.78, 5) is 17.5. The molecule has 0 aliphatic carbocycles. The summed E-state index contributed by atoms with van der Waals surface area (Å²) in [5, 5.41) is 6.22. The van der Waals surface area contributed by atoms with E-state index in [0.29, 0.717) is 31.3 Å². The molecule has 0 aliphatic heterocycles. The van der Waals surface area contributed by atoms with Gasteiger partial charge in [0.05, 0.1) is 6.04 Å². The number of hydrogen-bond donors (Lipinski definition) is 2. The molecule has 0 fully saturated rings. The van der Waals surface area contributed by atoms with Crippen LogP contribution in [-0.2, 0) is 9.53 Å². The molecule has 1 atom stereocenters. The first-order chi connectivity index (χ1) is 12.3. The van der Waals surface area contributed by atoms with Crippen molar-refractivity contribution in [3.63, 3.8) is 0 Å². The van der Waals surface area contributed by atoms with E-state index in [4.69, 9.17) is 4.74 Å². The van der Waals surface area contributed by atoms with Crippen molar-refractivity contribution in [3.05, 3.63) is 35.4 Å². The third kappa shape index (κ3) is 7.77. The Bertz CT molecular complexity index is 609. The molecule has 0 spiro atoms. The zero-order chi connectivity index (χ0) is 19.5. The van der Waals surface area contributed by atoms with Gasteiger partial charge >= 0.3 is 0 Å². The van der Waals surface area contributed by atoms with Gasteiger partial charge in [-0.05, 0) is 38.0 Å². The molecular weight excluding hydrogens is 342 g/mol. The van der Waals surface area contributed by atoms with Crippen LogP contribution in [0, 0.1) is 11.6 Å². The van der Waals surface area contributed by atoms with Crippen LogP contribution in [0.4, 0.5) is 8.78 Å². The Balaban J connectivity index is 2.73. The SMILES string of the molecule is CCOCCCNC(=NCC(=O)N(C)C)NC(C)c1ccc(F)c(F)c1. The van der Waals surface area contributed by atoms with Gasteiger partial charge in [0.15, 0.2) is 17.6 Å². The van der Waals surface area contributed by atoms with Gasteiger partial charge in [-0.3, -0.25) is 4.79 Å². The number of rotatable bonds is 9. The number of benzene rings is 1. The van der Waals surface area contributed by atoms with Crippen molar-refractivity contribution in [2.75, 3.05) is 40.4 Å². The summed E-state index contributed by atoms with van der Waals surface area (Å²) in [5.41, 5.74) is 0.576. The summed E-state index contributed by atoms with van der Waals surface area (Å²) in [5.74, 6) is -1.50. The average molecular weight is 370 g/mol. The molecule has 0 bridgehead atoms. The molecule has 26 heavy (non-hydrogen) atoms. The number of amides is 1. The second kappa shape index (κ2) is 11.4. The summed E-state index contributed by atoms with van der Waals surface area (Å²) in [6.07, 6.45) is 0.774. The van der Waals surface area contributed by atoms with E-state index in [0.717, 1.165) is 18.6 Å². The zero-order valence-corrected chi connectivity index (χ0v) is 15.8. The largest absolute Gasteiger partial charge is 0.382 e. The minimum absolute atomic E-state index is 0.0156. The fourth-order valence-electron chi connectivity index (χ4n) is 2.04. The van der Waals surface area contributed by atoms with Crippen LogP contribution < -0.4 is 10.6 Å². The Labute approximate surface area is 153 Å². The van der Waals surface area contributed by atoms with Gasteiger partial charge in [0.1, 0.15) is 6.54 Å². The van der Waals surface area contributed by atoms with Gasteiger partial charge in [0.25, 0.3) is 0 Å². The van der Waals surface area contributed by atoms with Crippen molar-refractivity contribution in [2.24, 2.45) is 4.99 Å². The van der Waals surface area contributed by atoms with Crippen LogP contribution in [0.15, 0.2) is 23.2 Å². The van der Waals surface area contributed by atoms with Crippen LogP contribution in [0.1, 0.15) is 31.9 Å². The van der Waals surface area contributed by atoms with Gasteiger partial charge in [-0.15, -0.1) is 0 Å². The molecule has 1 rings (SSSR count). The molecule has 0 heterocycles. The topological polar surface area (TPSA) is 66.0 Å². The van der Waals surface area contributed by atoms with E-state index in [2.05, 4.69) is 15.6 Å². The predicted molar refractivity (Wildman–Crippen MR) is 98.0 cm³/mol. The molecular formula is C18H28F2N4O2. The van der Waals surface area contributed by atoms with Crippen LogP contribution in [0.3, 0.4) is 0 Å². The van der Waals surface area contributed by atoms with Gasteiger partial charge in [0.2, 0.25) is 5.91 Å². The first-order valence-corrected chi connectivity index (χ1v) is 8.62. The quantitative estimate of drug-likeness (QED) is 0.397. The molecule has 0 radical (unpaired) electrons. The van der Waals surface area contributed by atoms with Crippen LogP contribution >= 0.6 is 0 Å². The molecule has 1 aromatic carbocycles. The lowest BCUT2D eigenvalue weighted by molar-refractivity contribution is -0.127. The van der Waals surface area contributed by atoms with E-state index >= 15 is 0 Å². The Morgan fingerprint density at radius 3 is 2.65 bits per heavy atom. The van der Waals surface area contributed by atoms with Crippen molar-refractivity contribution in [3.8, 4) is 0 Å². The second-order valence-corrected chi connectivity index (χ2v) is 5.97. The van der Waals surface area contributed by atoms with E-state index in [-0.39, 0.29) is 18.5 Å². The third-order valence-electron chi connectivity index (χ3n) is 3.63. The number of carbonyl (C=O) groups excluding carboxylic acids is 1. The number of nitrogens with zero attached hydrogens (tertiary/aromatic N) is 2. The normalized spacial score (nSPS) is 12.6. The highest BCUT2D eigenvalue weighted by Crippen LogP contribution is 2.15. The summed E-state index contributed by atoms with van der Waals surface area (Å²) in [6.45, 7) is 5.59. The second-order valence-electron chi connectivity index (χ2n) is 5.97. The number of carbonyl (C=O) groups is 1. The van der Waals surface area contributed by atoms with Gasteiger partial charge in [-0.25, -0.2) is 13.8 Å². The lowest BCUT2D eigenvalue weighted by Gasteiger charge is -2.19. The van der Waals surface area contributed by atoms with E-state index in [1.54, 1.807) is 21.0 Å². The Morgan fingerprint density at radius 1 is 1.31 bits per heavy atom. The molecule has 1 aromatic rings. The molecule has 1 amide bonds. The van der Waals surface area contributed by atoms with Crippen molar-refractivity contribution in [1.82, 2.24) is 15.5 Å². The van der Waals surface area contributed by atoms with Crippen LogP contribution in [0.5, 0.6) is 0 Å². The molecule has 0 saturated heterocycles. The number of nitrogens with one attached hydrogen (secondary N) is 2. The molecule has 0 saturated carbocycles. The number of halogens is 2. The summed E-state index contributed by atoms with van der Waals surface area (Å²) in [6, 6.07) is 3.42. The van der Waals surface area contributed by atoms with Gasteiger partial charge < -0.3 is 20.3 Å². The van der Waals surface area contributed by atoms with E-state index in [9.17, 15) is 13.6 Å². The van der Waals surface area contributed by atoms with Crippen LogP contribution in [-0.4, -0.2) is 57.2 Å². The van der Waals surface area contributed by atoms with Crippen LogP contribution in [0.25, 0.3) is 0 Å². The fraction of sp³-hybridized carbons (Fsp3) is 0.556. The number of likely N-dealkylation sites (N-methyl/N-ethyl adjacent to an activating group) is 1. The van der Waals surface area contributed by atoms with E-state index in [1.165, 1.54) is 11.0 Å². The predicted octanol–water partition coefficient (Wildman–Crippen LogP) is 2.08. The Kier molecular flexibility index (Phi) is 9.57. The van der Waals surface area contributed by atoms with E-state index < -0.39 is 11.6 Å². The smallest absolute Gasteiger partial charge is 0.243 e. The Hall–Kier alpha value is -2.22. The van der Waals surface area contributed by atoms with Crippen LogP contribution in [0.2, 0.25) is 0 Å². The van der Waals surface area contributed by atoms with Crippen molar-refractivity contribution < 1.29 is 18.3 Å². The maximum absolute atomic E-state index is 13.4. The molecule has 0 aliphatic rings. The molecule has 6 nitrogen and oxygen atoms in total. The van der Waals surface area contributed by atoms with Crippen molar-refractivity contribution in [2.45, 2.75) is 26.3 Å². The minimum Gasteiger partial charge on any atom is -0.382 e. The molecule has 2 N–H and O–H groups in total. The summed E-state index contributed by atoms with van der Waals surface area (Å²) < 4.78 is 31.8. The first kappa shape index (κ1) is 21.8. The zero-order valence-electron chi connectivity index (χ0n) is 15.8. The highest BCUT2D eigenvalue weighted by molar-refractivity contribution is 5.85. The van der Waals surface area contributed by atoms with Gasteiger partial charge in [0, 0.05) is 33.9 Å². The summed E-state index contributed by atoms with van der Waals surface area (Å²) in [7, 11) is 3.31. The molecule has 1 unspecified atom stereocenters. The number of hydrogen-bond acceptors (Lipinski definition) is 3. The maximum Gasteiger partial charge on any atom is 0.243 e. The minimum atomic E-state index is -0.901. The first-order valence-electron chi connectivity index (χ1n) is 8.62. The standard InChI is InChI=1S/C18H28F2N4O2/c1-5-26-10-6-9-21-18(22-12-17(25)24(3)4)23-13(2)14-7-8-15(19)16(20)11-14/h7-8,11,13H,5-6,9-10,12H2,1-4H3,(H2,21,22,23). The number of aliphatic imine (C=N–C) groups is 1. The highest BCUT2D eigenvalue weighted by Gasteiger charge is 2.12. The van der Waals surface area contributed by atoms with Gasteiger partial charge in [-0.1, -0.05) is 6.07 Å². The van der Waals surface area contributed by atoms with Crippen molar-refractivity contribution in [1.29, 1.82) is 0 Å². The van der Waals surface area contributed by atoms with E-state index in [1.807, 2.05) is 6.92 Å².